The van der Waals surface area contributed by atoms with Crippen molar-refractivity contribution in [2.24, 2.45) is 11.8 Å². The molecule has 0 aromatic heterocycles. The van der Waals surface area contributed by atoms with Gasteiger partial charge in [0, 0.05) is 12.0 Å². The summed E-state index contributed by atoms with van der Waals surface area (Å²) < 4.78 is 5.59. The number of rotatable bonds is 10. The Balaban J connectivity index is 1.64. The molecule has 3 atom stereocenters. The molecule has 0 saturated carbocycles. The number of fused-ring (bicyclic) bond motifs is 3. The Kier molecular flexibility index (Phi) is 8.10. The third-order valence-electron chi connectivity index (χ3n) is 6.27. The fourth-order valence-electron chi connectivity index (χ4n) is 4.68. The maximum atomic E-state index is 12.8. The molecule has 180 valence electrons. The van der Waals surface area contributed by atoms with E-state index in [4.69, 9.17) is 4.74 Å². The van der Waals surface area contributed by atoms with E-state index in [9.17, 15) is 19.5 Å². The zero-order valence-corrected chi connectivity index (χ0v) is 19.8. The summed E-state index contributed by atoms with van der Waals surface area (Å²) in [6.45, 7) is 9.13. The minimum absolute atomic E-state index is 0.0621. The van der Waals surface area contributed by atoms with E-state index in [1.54, 1.807) is 6.92 Å². The molecule has 2 aromatic rings. The molecule has 0 heterocycles. The first kappa shape index (κ1) is 25.0. The number of aliphatic carboxylic acids is 1. The van der Waals surface area contributed by atoms with Crippen LogP contribution in [0, 0.1) is 11.8 Å². The highest BCUT2D eigenvalue weighted by molar-refractivity contribution is 5.86. The number of alkyl carbamates (subject to hydrolysis) is 1. The van der Waals surface area contributed by atoms with Crippen LogP contribution in [0.5, 0.6) is 0 Å². The summed E-state index contributed by atoms with van der Waals surface area (Å²) in [6.07, 6.45) is 0.940. The number of amides is 2. The van der Waals surface area contributed by atoms with E-state index in [0.29, 0.717) is 0 Å². The van der Waals surface area contributed by atoms with Crippen molar-refractivity contribution in [3.05, 3.63) is 72.3 Å². The van der Waals surface area contributed by atoms with Crippen LogP contribution in [0.2, 0.25) is 0 Å². The summed E-state index contributed by atoms with van der Waals surface area (Å²) in [5, 5.41) is 14.6. The fraction of sp³-hybridized carbons (Fsp3) is 0.370. The predicted octanol–water partition coefficient (Wildman–Crippen LogP) is 4.33. The molecule has 0 saturated heterocycles. The summed E-state index contributed by atoms with van der Waals surface area (Å²) in [7, 11) is 0. The molecular formula is C27H32N2O5. The van der Waals surface area contributed by atoms with Gasteiger partial charge in [0.1, 0.15) is 12.6 Å². The monoisotopic (exact) mass is 464 g/mol. The molecule has 0 fully saturated rings. The molecule has 1 aliphatic rings. The van der Waals surface area contributed by atoms with E-state index >= 15 is 0 Å². The van der Waals surface area contributed by atoms with Crippen LogP contribution in [-0.4, -0.2) is 41.8 Å². The lowest BCUT2D eigenvalue weighted by Gasteiger charge is -2.28. The minimum atomic E-state index is -1.13. The lowest BCUT2D eigenvalue weighted by molar-refractivity contribution is -0.142. The maximum absolute atomic E-state index is 12.8. The van der Waals surface area contributed by atoms with Gasteiger partial charge >= 0.3 is 12.1 Å². The van der Waals surface area contributed by atoms with E-state index in [1.807, 2.05) is 50.2 Å². The van der Waals surface area contributed by atoms with Gasteiger partial charge < -0.3 is 20.5 Å². The summed E-state index contributed by atoms with van der Waals surface area (Å²) >= 11 is 0. The smallest absolute Gasteiger partial charge is 0.407 e. The second-order valence-corrected chi connectivity index (χ2v) is 8.95. The summed E-state index contributed by atoms with van der Waals surface area (Å²) in [5.74, 6) is -2.40. The van der Waals surface area contributed by atoms with Gasteiger partial charge in [0.25, 0.3) is 0 Å². The largest absolute Gasteiger partial charge is 0.480 e. The van der Waals surface area contributed by atoms with Crippen LogP contribution in [0.1, 0.15) is 44.2 Å². The van der Waals surface area contributed by atoms with Gasteiger partial charge in [-0.3, -0.25) is 4.79 Å². The highest BCUT2D eigenvalue weighted by atomic mass is 16.5. The van der Waals surface area contributed by atoms with Gasteiger partial charge in [-0.15, -0.1) is 6.58 Å². The second-order valence-electron chi connectivity index (χ2n) is 8.95. The van der Waals surface area contributed by atoms with Crippen LogP contribution in [0.4, 0.5) is 4.79 Å². The molecular weight excluding hydrogens is 432 g/mol. The van der Waals surface area contributed by atoms with Crippen LogP contribution in [0.15, 0.2) is 61.2 Å². The highest BCUT2D eigenvalue weighted by Crippen LogP contribution is 2.44. The third kappa shape index (κ3) is 5.47. The first-order chi connectivity index (χ1) is 16.2. The quantitative estimate of drug-likeness (QED) is 0.454. The Morgan fingerprint density at radius 2 is 1.56 bits per heavy atom. The molecule has 2 aromatic carbocycles. The number of carboxylic acid groups (broad SMARTS) is 1. The molecule has 0 radical (unpaired) electrons. The molecule has 7 heteroatoms. The predicted molar refractivity (Wildman–Crippen MR) is 130 cm³/mol. The standard InChI is InChI=1S/C27H32N2O5/c1-5-10-23(26(31)32)29-25(30)24(16(2)3)17(4)28-27(33)34-15-22-20-13-8-6-11-18(20)19-12-7-9-14-21(19)22/h5-9,11-14,16-17,22-24H,1,10,15H2,2-4H3,(H,28,33)(H,29,30)(H,31,32). The Labute approximate surface area is 200 Å². The Hall–Kier alpha value is -3.61. The molecule has 34 heavy (non-hydrogen) atoms. The normalized spacial score (nSPS) is 14.9. The van der Waals surface area contributed by atoms with Crippen molar-refractivity contribution < 1.29 is 24.2 Å². The maximum Gasteiger partial charge on any atom is 0.407 e. The number of nitrogens with one attached hydrogen (secondary N) is 2. The first-order valence-corrected chi connectivity index (χ1v) is 11.5. The zero-order chi connectivity index (χ0) is 24.8. The molecule has 0 aliphatic heterocycles. The average Bonchev–Trinajstić information content (AvgIpc) is 3.11. The third-order valence-corrected chi connectivity index (χ3v) is 6.27. The van der Waals surface area contributed by atoms with Crippen molar-refractivity contribution in [3.8, 4) is 11.1 Å². The Morgan fingerprint density at radius 3 is 2.06 bits per heavy atom. The topological polar surface area (TPSA) is 105 Å². The van der Waals surface area contributed by atoms with Gasteiger partial charge in [-0.2, -0.15) is 0 Å². The van der Waals surface area contributed by atoms with Crippen molar-refractivity contribution in [2.45, 2.75) is 45.2 Å². The molecule has 2 amide bonds. The van der Waals surface area contributed by atoms with E-state index in [-0.39, 0.29) is 24.9 Å². The van der Waals surface area contributed by atoms with E-state index in [2.05, 4.69) is 29.3 Å². The molecule has 1 aliphatic carbocycles. The first-order valence-electron chi connectivity index (χ1n) is 11.5. The number of hydrogen-bond acceptors (Lipinski definition) is 4. The van der Waals surface area contributed by atoms with Gasteiger partial charge in [-0.1, -0.05) is 68.5 Å². The molecule has 0 spiro atoms. The van der Waals surface area contributed by atoms with E-state index in [1.165, 1.54) is 6.08 Å². The van der Waals surface area contributed by atoms with Crippen molar-refractivity contribution in [3.63, 3.8) is 0 Å². The molecule has 0 bridgehead atoms. The molecule has 7 nitrogen and oxygen atoms in total. The van der Waals surface area contributed by atoms with Crippen molar-refractivity contribution >= 4 is 18.0 Å². The minimum Gasteiger partial charge on any atom is -0.480 e. The zero-order valence-electron chi connectivity index (χ0n) is 19.8. The van der Waals surface area contributed by atoms with Crippen LogP contribution in [-0.2, 0) is 14.3 Å². The summed E-state index contributed by atoms with van der Waals surface area (Å²) in [6, 6.07) is 14.5. The Bertz CT molecular complexity index is 1020. The van der Waals surface area contributed by atoms with Crippen molar-refractivity contribution in [1.82, 2.24) is 10.6 Å². The van der Waals surface area contributed by atoms with Crippen molar-refractivity contribution in [1.29, 1.82) is 0 Å². The molecule has 3 rings (SSSR count). The fourth-order valence-corrected chi connectivity index (χ4v) is 4.68. The van der Waals surface area contributed by atoms with Gasteiger partial charge in [-0.05, 0) is 41.5 Å². The summed E-state index contributed by atoms with van der Waals surface area (Å²) in [4.78, 5) is 36.9. The van der Waals surface area contributed by atoms with Crippen LogP contribution < -0.4 is 10.6 Å². The summed E-state index contributed by atoms with van der Waals surface area (Å²) in [5.41, 5.74) is 4.52. The number of carboxylic acids is 1. The van der Waals surface area contributed by atoms with E-state index in [0.717, 1.165) is 22.3 Å². The lowest BCUT2D eigenvalue weighted by atomic mass is 9.88. The van der Waals surface area contributed by atoms with Gasteiger partial charge in [0.2, 0.25) is 5.91 Å². The Morgan fingerprint density at radius 1 is 1.00 bits per heavy atom. The number of ether oxygens (including phenoxy) is 1. The van der Waals surface area contributed by atoms with Crippen LogP contribution in [0.3, 0.4) is 0 Å². The molecule has 3 N–H and O–H groups in total. The second kappa shape index (κ2) is 11.0. The van der Waals surface area contributed by atoms with Crippen LogP contribution in [0.25, 0.3) is 11.1 Å². The molecule has 3 unspecified atom stereocenters. The van der Waals surface area contributed by atoms with Gasteiger partial charge in [0.05, 0.1) is 5.92 Å². The van der Waals surface area contributed by atoms with Gasteiger partial charge in [0.15, 0.2) is 0 Å². The van der Waals surface area contributed by atoms with E-state index < -0.39 is 36.0 Å². The highest BCUT2D eigenvalue weighted by Gasteiger charge is 2.33. The van der Waals surface area contributed by atoms with Crippen LogP contribution >= 0.6 is 0 Å². The van der Waals surface area contributed by atoms with Gasteiger partial charge in [-0.25, -0.2) is 9.59 Å². The van der Waals surface area contributed by atoms with Crippen molar-refractivity contribution in [2.75, 3.05) is 6.61 Å². The number of benzene rings is 2. The SMILES string of the molecule is C=CCC(NC(=O)C(C(C)C)C(C)NC(=O)OCC1c2ccccc2-c2ccccc21)C(=O)O. The average molecular weight is 465 g/mol. The number of carbonyl (C=O) groups excluding carboxylic acids is 2. The number of carbonyl (C=O) groups is 3. The lowest BCUT2D eigenvalue weighted by Crippen LogP contribution is -2.51. The number of hydrogen-bond donors (Lipinski definition) is 3.